The molecule has 0 N–H and O–H groups in total. The van der Waals surface area contributed by atoms with Crippen molar-refractivity contribution >= 4 is 6.08 Å². The van der Waals surface area contributed by atoms with Crippen molar-refractivity contribution in [3.05, 3.63) is 52.0 Å². The molecule has 2 aliphatic rings. The molecule has 94 valence electrons. The van der Waals surface area contributed by atoms with Gasteiger partial charge in [-0.2, -0.15) is 0 Å². The fourth-order valence-corrected chi connectivity index (χ4v) is 2.41. The number of ether oxygens (including phenoxy) is 3. The van der Waals surface area contributed by atoms with Gasteiger partial charge in [-0.25, -0.2) is 4.79 Å². The van der Waals surface area contributed by atoms with Gasteiger partial charge in [0.05, 0.1) is 13.4 Å². The van der Waals surface area contributed by atoms with E-state index in [1.54, 1.807) is 25.3 Å². The monoisotopic (exact) mass is 248 g/mol. The minimum atomic E-state index is -1.07. The van der Waals surface area contributed by atoms with Gasteiger partial charge in [0.15, 0.2) is 5.76 Å². The highest BCUT2D eigenvalue weighted by molar-refractivity contribution is 5.61. The number of hydrogen-bond donors (Lipinski definition) is 0. The first-order chi connectivity index (χ1) is 8.71. The second kappa shape index (κ2) is 3.74. The van der Waals surface area contributed by atoms with E-state index >= 15 is 0 Å². The molecule has 1 aliphatic heterocycles. The molecular formula is C13H12O5. The minimum absolute atomic E-state index is 0.327. The molecule has 0 spiro atoms. The van der Waals surface area contributed by atoms with Crippen LogP contribution in [-0.2, 0) is 14.2 Å². The van der Waals surface area contributed by atoms with Gasteiger partial charge in [-0.3, -0.25) is 0 Å². The van der Waals surface area contributed by atoms with Crippen molar-refractivity contribution < 1.29 is 18.6 Å². The largest absolute Gasteiger partial charge is 0.494 e. The zero-order valence-electron chi connectivity index (χ0n) is 10.0. The molecule has 2 heterocycles. The summed E-state index contributed by atoms with van der Waals surface area (Å²) in [5.74, 6) is -0.328. The molecule has 3 rings (SSSR count). The molecule has 5 heteroatoms. The van der Waals surface area contributed by atoms with Gasteiger partial charge in [-0.15, -0.1) is 0 Å². The highest BCUT2D eigenvalue weighted by atomic mass is 16.7. The van der Waals surface area contributed by atoms with Crippen molar-refractivity contribution in [2.75, 3.05) is 14.2 Å². The summed E-state index contributed by atoms with van der Waals surface area (Å²) >= 11 is 0. The van der Waals surface area contributed by atoms with Gasteiger partial charge in [-0.1, -0.05) is 0 Å². The van der Waals surface area contributed by atoms with Crippen LogP contribution in [0.4, 0.5) is 0 Å². The second-order valence-electron chi connectivity index (χ2n) is 4.08. The molecule has 1 aromatic heterocycles. The van der Waals surface area contributed by atoms with Crippen LogP contribution in [0, 0.1) is 0 Å². The zero-order chi connectivity index (χ0) is 12.8. The summed E-state index contributed by atoms with van der Waals surface area (Å²) in [5, 5.41) is 0. The van der Waals surface area contributed by atoms with Crippen molar-refractivity contribution in [3.8, 4) is 0 Å². The lowest BCUT2D eigenvalue weighted by Gasteiger charge is -2.36. The smallest absolute Gasteiger partial charge is 0.335 e. The lowest BCUT2D eigenvalue weighted by atomic mass is 9.87. The summed E-state index contributed by atoms with van der Waals surface area (Å²) in [5.41, 5.74) is 0.396. The van der Waals surface area contributed by atoms with Crippen LogP contribution in [0.5, 0.6) is 0 Å². The van der Waals surface area contributed by atoms with Crippen LogP contribution in [0.3, 0.4) is 0 Å². The molecule has 0 bridgehead atoms. The van der Waals surface area contributed by atoms with Crippen LogP contribution >= 0.6 is 0 Å². The van der Waals surface area contributed by atoms with Crippen molar-refractivity contribution in [3.63, 3.8) is 0 Å². The first kappa shape index (κ1) is 11.1. The average Bonchev–Trinajstić information content (AvgIpc) is 2.83. The van der Waals surface area contributed by atoms with Crippen molar-refractivity contribution in [1.29, 1.82) is 0 Å². The van der Waals surface area contributed by atoms with Gasteiger partial charge in [0.1, 0.15) is 11.7 Å². The van der Waals surface area contributed by atoms with Crippen LogP contribution in [0.1, 0.15) is 17.2 Å². The molecule has 1 aromatic rings. The number of rotatable bonds is 2. The quantitative estimate of drug-likeness (QED) is 0.795. The van der Waals surface area contributed by atoms with E-state index in [1.165, 1.54) is 19.4 Å². The maximum atomic E-state index is 11.3. The fraction of sp³-hybridized carbons (Fsp3) is 0.308. The van der Waals surface area contributed by atoms with Gasteiger partial charge in [0.2, 0.25) is 0 Å². The van der Waals surface area contributed by atoms with E-state index < -0.39 is 11.4 Å². The first-order valence-electron chi connectivity index (χ1n) is 5.51. The third-order valence-electron chi connectivity index (χ3n) is 3.25. The van der Waals surface area contributed by atoms with Crippen LogP contribution in [0.15, 0.2) is 39.4 Å². The van der Waals surface area contributed by atoms with Crippen LogP contribution in [-0.4, -0.2) is 20.0 Å². The molecule has 18 heavy (non-hydrogen) atoms. The molecule has 0 amide bonds. The Balaban J connectivity index is 2.26. The molecule has 0 radical (unpaired) electrons. The van der Waals surface area contributed by atoms with Crippen LogP contribution < -0.4 is 5.63 Å². The molecule has 5 nitrogen and oxygen atoms in total. The van der Waals surface area contributed by atoms with Gasteiger partial charge in [0, 0.05) is 18.7 Å². The Morgan fingerprint density at radius 1 is 1.33 bits per heavy atom. The maximum absolute atomic E-state index is 11.3. The molecular weight excluding hydrogens is 236 g/mol. The molecule has 0 aromatic carbocycles. The van der Waals surface area contributed by atoms with E-state index in [1.807, 2.05) is 0 Å². The Morgan fingerprint density at radius 3 is 2.89 bits per heavy atom. The summed E-state index contributed by atoms with van der Waals surface area (Å²) in [6, 6.07) is 3.08. The third-order valence-corrected chi connectivity index (χ3v) is 3.25. The first-order valence-corrected chi connectivity index (χ1v) is 5.51. The van der Waals surface area contributed by atoms with E-state index in [0.717, 1.165) is 5.56 Å². The molecule has 1 aliphatic carbocycles. The Labute approximate surface area is 103 Å². The summed E-state index contributed by atoms with van der Waals surface area (Å²) in [6.45, 7) is 0. The molecule has 2 unspecified atom stereocenters. The second-order valence-corrected chi connectivity index (χ2v) is 4.08. The van der Waals surface area contributed by atoms with Crippen molar-refractivity contribution in [2.45, 2.75) is 11.7 Å². The highest BCUT2D eigenvalue weighted by Crippen LogP contribution is 2.48. The zero-order valence-corrected chi connectivity index (χ0v) is 10.0. The SMILES string of the molecule is COC1=Cc2ccc(=O)oc2C2C=COC12OC. The topological polar surface area (TPSA) is 57.9 Å². The fourth-order valence-electron chi connectivity index (χ4n) is 2.41. The highest BCUT2D eigenvalue weighted by Gasteiger charge is 2.53. The van der Waals surface area contributed by atoms with Crippen molar-refractivity contribution in [1.82, 2.24) is 0 Å². The van der Waals surface area contributed by atoms with Crippen LogP contribution in [0.2, 0.25) is 0 Å². The standard InChI is InChI=1S/C13H12O5/c1-15-10-7-8-3-4-11(14)18-12(8)9-5-6-17-13(9,10)16-2/h3-7,9H,1-2H3. The van der Waals surface area contributed by atoms with Crippen molar-refractivity contribution in [2.24, 2.45) is 0 Å². The van der Waals surface area contributed by atoms with Crippen LogP contribution in [0.25, 0.3) is 6.08 Å². The van der Waals surface area contributed by atoms with Gasteiger partial charge in [-0.05, 0) is 18.2 Å². The van der Waals surface area contributed by atoms with E-state index in [9.17, 15) is 4.79 Å². The summed E-state index contributed by atoms with van der Waals surface area (Å²) < 4.78 is 21.6. The normalized spacial score (nSPS) is 28.1. The third kappa shape index (κ3) is 1.28. The predicted octanol–water partition coefficient (Wildman–Crippen LogP) is 1.61. The van der Waals surface area contributed by atoms with E-state index in [0.29, 0.717) is 11.5 Å². The summed E-state index contributed by atoms with van der Waals surface area (Å²) in [7, 11) is 3.08. The number of hydrogen-bond acceptors (Lipinski definition) is 5. The predicted molar refractivity (Wildman–Crippen MR) is 62.7 cm³/mol. The summed E-state index contributed by atoms with van der Waals surface area (Å²) in [4.78, 5) is 11.3. The Bertz CT molecular complexity index is 598. The minimum Gasteiger partial charge on any atom is -0.494 e. The van der Waals surface area contributed by atoms with Gasteiger partial charge >= 0.3 is 5.63 Å². The van der Waals surface area contributed by atoms with Gasteiger partial charge < -0.3 is 18.6 Å². The maximum Gasteiger partial charge on any atom is 0.335 e. The van der Waals surface area contributed by atoms with E-state index in [-0.39, 0.29) is 5.92 Å². The molecule has 0 saturated carbocycles. The average molecular weight is 248 g/mol. The Kier molecular flexibility index (Phi) is 2.31. The van der Waals surface area contributed by atoms with Gasteiger partial charge in [0.25, 0.3) is 5.79 Å². The molecule has 2 atom stereocenters. The Morgan fingerprint density at radius 2 is 2.17 bits per heavy atom. The molecule has 0 saturated heterocycles. The number of methoxy groups -OCH3 is 2. The lowest BCUT2D eigenvalue weighted by Crippen LogP contribution is -2.41. The molecule has 0 fully saturated rings. The number of fused-ring (bicyclic) bond motifs is 3. The van der Waals surface area contributed by atoms with E-state index in [2.05, 4.69) is 0 Å². The van der Waals surface area contributed by atoms with E-state index in [4.69, 9.17) is 18.6 Å². The lowest BCUT2D eigenvalue weighted by molar-refractivity contribution is -0.182. The Hall–Kier alpha value is -2.01. The summed E-state index contributed by atoms with van der Waals surface area (Å²) in [6.07, 6.45) is 5.08.